The first-order chi connectivity index (χ1) is 23.9. The van der Waals surface area contributed by atoms with Gasteiger partial charge in [-0.05, 0) is 25.3 Å². The van der Waals surface area contributed by atoms with E-state index in [0.717, 1.165) is 73.5 Å². The number of nitrogens with one attached hydrogen (secondary N) is 3. The lowest BCUT2D eigenvalue weighted by atomic mass is 9.98. The monoisotopic (exact) mass is 698 g/mol. The standard InChI is InChI=1S/C37H40Cl2N8O2/c1-23-13-14-25(45-23)18-41-20-33-37(49-3)47-31(22-44-33)29-12-7-10-27(35(29)39)26-9-6-11-28(34(26)38)30-21-43-32(36(46-30)48-2)19-40-17-15-24-8-4-5-16-42-24/h4,6-12,21-22,25,40-41,45H,1,5,13-20H2,2-3H3/t25-/m0/s1. The van der Waals surface area contributed by atoms with Gasteiger partial charge in [0.2, 0.25) is 11.8 Å². The second-order valence-corrected chi connectivity index (χ2v) is 12.6. The molecule has 1 fully saturated rings. The molecule has 0 radical (unpaired) electrons. The number of ether oxygens (including phenoxy) is 2. The van der Waals surface area contributed by atoms with E-state index in [1.54, 1.807) is 26.6 Å². The van der Waals surface area contributed by atoms with Crippen molar-refractivity contribution < 1.29 is 9.47 Å². The van der Waals surface area contributed by atoms with Crippen LogP contribution in [0, 0.1) is 0 Å². The molecule has 49 heavy (non-hydrogen) atoms. The predicted molar refractivity (Wildman–Crippen MR) is 196 cm³/mol. The molecule has 3 N–H and O–H groups in total. The van der Waals surface area contributed by atoms with Gasteiger partial charge in [0.25, 0.3) is 0 Å². The van der Waals surface area contributed by atoms with Gasteiger partial charge in [-0.25, -0.2) is 9.97 Å². The van der Waals surface area contributed by atoms with Crippen LogP contribution in [-0.2, 0) is 13.1 Å². The highest BCUT2D eigenvalue weighted by molar-refractivity contribution is 6.39. The summed E-state index contributed by atoms with van der Waals surface area (Å²) in [6.45, 7) is 7.49. The molecule has 4 aromatic rings. The van der Waals surface area contributed by atoms with E-state index in [0.29, 0.717) is 69.1 Å². The first-order valence-corrected chi connectivity index (χ1v) is 17.1. The van der Waals surface area contributed by atoms with Crippen LogP contribution < -0.4 is 25.4 Å². The number of halogens is 2. The Kier molecular flexibility index (Phi) is 11.5. The zero-order chi connectivity index (χ0) is 34.2. The van der Waals surface area contributed by atoms with Crippen LogP contribution in [0.15, 0.2) is 78.2 Å². The van der Waals surface area contributed by atoms with Crippen molar-refractivity contribution in [2.75, 3.05) is 33.9 Å². The predicted octanol–water partition coefficient (Wildman–Crippen LogP) is 6.83. The number of aromatic nitrogens is 4. The van der Waals surface area contributed by atoms with Crippen LogP contribution in [0.1, 0.15) is 37.1 Å². The molecular weight excluding hydrogens is 659 g/mol. The quantitative estimate of drug-likeness (QED) is 0.122. The van der Waals surface area contributed by atoms with E-state index in [1.165, 1.54) is 0 Å². The van der Waals surface area contributed by atoms with Gasteiger partial charge in [-0.1, -0.05) is 72.3 Å². The van der Waals surface area contributed by atoms with Gasteiger partial charge in [-0.3, -0.25) is 15.0 Å². The van der Waals surface area contributed by atoms with E-state index in [1.807, 2.05) is 36.4 Å². The summed E-state index contributed by atoms with van der Waals surface area (Å²) in [5, 5.41) is 11.3. The average Bonchev–Trinajstić information content (AvgIpc) is 3.55. The second-order valence-electron chi connectivity index (χ2n) is 11.9. The maximum absolute atomic E-state index is 7.07. The summed E-state index contributed by atoms with van der Waals surface area (Å²) in [6.07, 6.45) is 11.6. The molecule has 1 atom stereocenters. The number of hydrogen-bond donors (Lipinski definition) is 3. The molecule has 0 saturated carbocycles. The van der Waals surface area contributed by atoms with Crippen molar-refractivity contribution in [2.24, 2.45) is 4.99 Å². The third-order valence-electron chi connectivity index (χ3n) is 8.51. The fourth-order valence-corrected chi connectivity index (χ4v) is 6.59. The molecule has 4 heterocycles. The molecule has 2 aliphatic rings. The minimum Gasteiger partial charge on any atom is -0.480 e. The number of rotatable bonds is 14. The number of methoxy groups -OCH3 is 2. The van der Waals surface area contributed by atoms with Crippen LogP contribution in [0.5, 0.6) is 11.8 Å². The minimum atomic E-state index is 0.364. The molecule has 0 bridgehead atoms. The summed E-state index contributed by atoms with van der Waals surface area (Å²) < 4.78 is 11.2. The van der Waals surface area contributed by atoms with E-state index in [4.69, 9.17) is 42.6 Å². The van der Waals surface area contributed by atoms with Gasteiger partial charge in [0.15, 0.2) is 0 Å². The lowest BCUT2D eigenvalue weighted by molar-refractivity contribution is 0.386. The molecule has 2 aromatic carbocycles. The zero-order valence-electron chi connectivity index (χ0n) is 27.7. The lowest BCUT2D eigenvalue weighted by Crippen LogP contribution is -2.33. The van der Waals surface area contributed by atoms with Crippen molar-refractivity contribution in [3.05, 3.63) is 94.7 Å². The number of hydrogen-bond acceptors (Lipinski definition) is 10. The van der Waals surface area contributed by atoms with Crippen molar-refractivity contribution >= 4 is 28.9 Å². The molecule has 1 saturated heterocycles. The maximum atomic E-state index is 7.07. The van der Waals surface area contributed by atoms with Crippen LogP contribution in [0.25, 0.3) is 33.6 Å². The SMILES string of the molecule is C=C1CC[C@@H](CNCc2ncc(-c3cccc(-c4cccc(-c5cnc(CNCCC6=NCCC=C6)c(OC)n5)c4Cl)c3Cl)nc2OC)N1. The highest BCUT2D eigenvalue weighted by atomic mass is 35.5. The van der Waals surface area contributed by atoms with Gasteiger partial charge in [-0.15, -0.1) is 0 Å². The smallest absolute Gasteiger partial charge is 0.237 e. The second kappa shape index (κ2) is 16.4. The van der Waals surface area contributed by atoms with Crippen LogP contribution >= 0.6 is 23.2 Å². The van der Waals surface area contributed by atoms with Crippen LogP contribution in [0.4, 0.5) is 0 Å². The Hall–Kier alpha value is -4.35. The molecule has 2 aliphatic heterocycles. The summed E-state index contributed by atoms with van der Waals surface area (Å²) >= 11 is 14.1. The molecule has 6 rings (SSSR count). The zero-order valence-corrected chi connectivity index (χ0v) is 29.2. The number of nitrogens with zero attached hydrogens (tertiary/aromatic N) is 5. The minimum absolute atomic E-state index is 0.364. The van der Waals surface area contributed by atoms with E-state index >= 15 is 0 Å². The Labute approximate surface area is 297 Å². The third-order valence-corrected chi connectivity index (χ3v) is 9.32. The van der Waals surface area contributed by atoms with E-state index in [-0.39, 0.29) is 0 Å². The van der Waals surface area contributed by atoms with Gasteiger partial charge in [0.05, 0.1) is 48.0 Å². The van der Waals surface area contributed by atoms with Crippen molar-refractivity contribution in [3.8, 4) is 45.4 Å². The maximum Gasteiger partial charge on any atom is 0.237 e. The van der Waals surface area contributed by atoms with Crippen LogP contribution in [0.2, 0.25) is 10.0 Å². The number of dihydropyridines is 1. The molecule has 0 unspecified atom stereocenters. The molecule has 12 heteroatoms. The fourth-order valence-electron chi connectivity index (χ4n) is 5.94. The molecule has 0 aliphatic carbocycles. The van der Waals surface area contributed by atoms with Crippen LogP contribution in [0.3, 0.4) is 0 Å². The molecule has 10 nitrogen and oxygen atoms in total. The molecule has 0 spiro atoms. The van der Waals surface area contributed by atoms with Crippen LogP contribution in [-0.4, -0.2) is 65.5 Å². The number of allylic oxidation sites excluding steroid dienone is 2. The Morgan fingerprint density at radius 3 is 1.98 bits per heavy atom. The normalized spacial score (nSPS) is 15.6. The topological polar surface area (TPSA) is 118 Å². The van der Waals surface area contributed by atoms with Crippen molar-refractivity contribution in [2.45, 2.75) is 44.8 Å². The summed E-state index contributed by atoms with van der Waals surface area (Å²) in [7, 11) is 3.18. The summed E-state index contributed by atoms with van der Waals surface area (Å²) in [5.74, 6) is 0.880. The lowest BCUT2D eigenvalue weighted by Gasteiger charge is -2.15. The largest absolute Gasteiger partial charge is 0.480 e. The molecule has 254 valence electrons. The summed E-state index contributed by atoms with van der Waals surface area (Å²) in [4.78, 5) is 23.4. The van der Waals surface area contributed by atoms with Gasteiger partial charge >= 0.3 is 0 Å². The van der Waals surface area contributed by atoms with Crippen molar-refractivity contribution in [3.63, 3.8) is 0 Å². The average molecular weight is 700 g/mol. The van der Waals surface area contributed by atoms with Gasteiger partial charge in [0.1, 0.15) is 11.4 Å². The molecule has 2 aromatic heterocycles. The Bertz CT molecular complexity index is 1880. The summed E-state index contributed by atoms with van der Waals surface area (Å²) in [6, 6.07) is 11.9. The Morgan fingerprint density at radius 2 is 1.45 bits per heavy atom. The van der Waals surface area contributed by atoms with Gasteiger partial charge in [-0.2, -0.15) is 0 Å². The van der Waals surface area contributed by atoms with Gasteiger partial charge in [0, 0.05) is 78.8 Å². The van der Waals surface area contributed by atoms with Crippen molar-refractivity contribution in [1.29, 1.82) is 0 Å². The first kappa shape index (κ1) is 34.5. The molecular formula is C37H40Cl2N8O2. The Morgan fingerprint density at radius 1 is 0.857 bits per heavy atom. The van der Waals surface area contributed by atoms with E-state index < -0.39 is 0 Å². The highest BCUT2D eigenvalue weighted by Gasteiger charge is 2.20. The van der Waals surface area contributed by atoms with Gasteiger partial charge < -0.3 is 25.4 Å². The summed E-state index contributed by atoms with van der Waals surface area (Å²) in [5.41, 5.74) is 7.74. The number of benzene rings is 2. The first-order valence-electron chi connectivity index (χ1n) is 16.4. The Balaban J connectivity index is 1.18. The van der Waals surface area contributed by atoms with Crippen molar-refractivity contribution in [1.82, 2.24) is 35.9 Å². The van der Waals surface area contributed by atoms with E-state index in [2.05, 4.69) is 49.6 Å². The highest BCUT2D eigenvalue weighted by Crippen LogP contribution is 2.42. The number of aliphatic imine (C=N–C) groups is 1. The fraction of sp³-hybridized carbons (Fsp3) is 0.324. The van der Waals surface area contributed by atoms with E-state index in [9.17, 15) is 0 Å². The molecule has 0 amide bonds. The third kappa shape index (κ3) is 8.28.